The smallest absolute Gasteiger partial charge is 0.303 e. The highest BCUT2D eigenvalue weighted by molar-refractivity contribution is 7.89. The van der Waals surface area contributed by atoms with Crippen LogP contribution in [-0.2, 0) is 26.0 Å². The summed E-state index contributed by atoms with van der Waals surface area (Å²) >= 11 is 0. The largest absolute Gasteiger partial charge is 0.481 e. The molecule has 7 heteroatoms. The van der Waals surface area contributed by atoms with E-state index in [0.717, 1.165) is 5.56 Å². The summed E-state index contributed by atoms with van der Waals surface area (Å²) in [5, 5.41) is 8.59. The molecule has 1 unspecified atom stereocenters. The van der Waals surface area contributed by atoms with Crippen LogP contribution in [0.15, 0.2) is 29.2 Å². The molecule has 0 saturated carbocycles. The molecule has 0 aliphatic rings. The van der Waals surface area contributed by atoms with Crippen LogP contribution in [0.5, 0.6) is 0 Å². The minimum absolute atomic E-state index is 0.0235. The number of aryl methyl sites for hydroxylation is 1. The van der Waals surface area contributed by atoms with E-state index in [2.05, 4.69) is 4.72 Å². The van der Waals surface area contributed by atoms with Crippen molar-refractivity contribution in [2.45, 2.75) is 30.8 Å². The van der Waals surface area contributed by atoms with Crippen molar-refractivity contribution < 1.29 is 23.1 Å². The lowest BCUT2D eigenvalue weighted by Gasteiger charge is -2.11. The summed E-state index contributed by atoms with van der Waals surface area (Å²) in [5.41, 5.74) is 0.789. The molecule has 0 bridgehead atoms. The summed E-state index contributed by atoms with van der Waals surface area (Å²) in [6, 6.07) is 6.18. The molecule has 0 fully saturated rings. The number of hydrogen-bond donors (Lipinski definition) is 2. The molecule has 1 atom stereocenters. The lowest BCUT2D eigenvalue weighted by Crippen LogP contribution is -2.31. The fourth-order valence-electron chi connectivity index (χ4n) is 1.48. The van der Waals surface area contributed by atoms with Gasteiger partial charge in [-0.15, -0.1) is 0 Å². The molecule has 0 radical (unpaired) electrons. The first-order valence-electron chi connectivity index (χ1n) is 6.18. The number of carbonyl (C=O) groups is 1. The maximum absolute atomic E-state index is 12.0. The van der Waals surface area contributed by atoms with Crippen molar-refractivity contribution in [3.63, 3.8) is 0 Å². The first kappa shape index (κ1) is 16.6. The number of sulfonamides is 1. The standard InChI is InChI=1S/C13H19NO5S/c1-10(19-2)9-14-20(17,18)12-6-3-11(4-7-12)5-8-13(15)16/h3-4,6-7,10,14H,5,8-9H2,1-2H3,(H,15,16). The van der Waals surface area contributed by atoms with Crippen molar-refractivity contribution in [1.82, 2.24) is 4.72 Å². The Morgan fingerprint density at radius 2 is 1.95 bits per heavy atom. The van der Waals surface area contributed by atoms with E-state index >= 15 is 0 Å². The van der Waals surface area contributed by atoms with Crippen LogP contribution >= 0.6 is 0 Å². The fourth-order valence-corrected chi connectivity index (χ4v) is 2.60. The minimum Gasteiger partial charge on any atom is -0.481 e. The summed E-state index contributed by atoms with van der Waals surface area (Å²) in [6.45, 7) is 1.96. The number of nitrogens with one attached hydrogen (secondary N) is 1. The van der Waals surface area contributed by atoms with Crippen molar-refractivity contribution in [3.05, 3.63) is 29.8 Å². The first-order valence-corrected chi connectivity index (χ1v) is 7.66. The van der Waals surface area contributed by atoms with Gasteiger partial charge in [-0.05, 0) is 31.0 Å². The van der Waals surface area contributed by atoms with Crippen LogP contribution in [-0.4, -0.2) is 39.3 Å². The van der Waals surface area contributed by atoms with E-state index in [0.29, 0.717) is 6.42 Å². The zero-order valence-corrected chi connectivity index (χ0v) is 12.3. The van der Waals surface area contributed by atoms with E-state index in [1.807, 2.05) is 0 Å². The van der Waals surface area contributed by atoms with Gasteiger partial charge in [-0.25, -0.2) is 13.1 Å². The van der Waals surface area contributed by atoms with E-state index in [1.54, 1.807) is 19.1 Å². The first-order chi connectivity index (χ1) is 9.35. The molecule has 0 aromatic heterocycles. The molecule has 0 aliphatic heterocycles. The summed E-state index contributed by atoms with van der Waals surface area (Å²) in [6.07, 6.45) is 0.194. The Labute approximate surface area is 118 Å². The molecule has 1 aromatic carbocycles. The Morgan fingerprint density at radius 3 is 2.45 bits per heavy atom. The Hall–Kier alpha value is -1.44. The fraction of sp³-hybridized carbons (Fsp3) is 0.462. The monoisotopic (exact) mass is 301 g/mol. The van der Waals surface area contributed by atoms with Gasteiger partial charge < -0.3 is 9.84 Å². The van der Waals surface area contributed by atoms with E-state index in [-0.39, 0.29) is 24.0 Å². The third-order valence-corrected chi connectivity index (χ3v) is 4.26. The van der Waals surface area contributed by atoms with Crippen LogP contribution in [0, 0.1) is 0 Å². The molecule has 20 heavy (non-hydrogen) atoms. The second-order valence-electron chi connectivity index (χ2n) is 4.44. The number of carboxylic acid groups (broad SMARTS) is 1. The quantitative estimate of drug-likeness (QED) is 0.747. The van der Waals surface area contributed by atoms with Crippen molar-refractivity contribution in [2.75, 3.05) is 13.7 Å². The molecule has 0 amide bonds. The van der Waals surface area contributed by atoms with Gasteiger partial charge in [0.05, 0.1) is 11.0 Å². The Balaban J connectivity index is 2.69. The highest BCUT2D eigenvalue weighted by Crippen LogP contribution is 2.12. The molecule has 6 nitrogen and oxygen atoms in total. The van der Waals surface area contributed by atoms with E-state index < -0.39 is 16.0 Å². The number of carboxylic acids is 1. The molecular formula is C13H19NO5S. The van der Waals surface area contributed by atoms with Crippen LogP contribution in [0.4, 0.5) is 0 Å². The van der Waals surface area contributed by atoms with Gasteiger partial charge in [-0.2, -0.15) is 0 Å². The van der Waals surface area contributed by atoms with Crippen molar-refractivity contribution in [3.8, 4) is 0 Å². The zero-order chi connectivity index (χ0) is 15.2. The van der Waals surface area contributed by atoms with Gasteiger partial charge in [-0.1, -0.05) is 12.1 Å². The Morgan fingerprint density at radius 1 is 1.35 bits per heavy atom. The number of rotatable bonds is 8. The lowest BCUT2D eigenvalue weighted by atomic mass is 10.1. The summed E-state index contributed by atoms with van der Waals surface area (Å²) in [5.74, 6) is -0.878. The van der Waals surface area contributed by atoms with E-state index in [1.165, 1.54) is 19.2 Å². The van der Waals surface area contributed by atoms with Gasteiger partial charge in [-0.3, -0.25) is 4.79 Å². The molecule has 2 N–H and O–H groups in total. The summed E-state index contributed by atoms with van der Waals surface area (Å²) < 4.78 is 31.4. The second-order valence-corrected chi connectivity index (χ2v) is 6.20. The normalized spacial score (nSPS) is 13.1. The second kappa shape index (κ2) is 7.37. The average Bonchev–Trinajstić information content (AvgIpc) is 2.43. The molecule has 0 heterocycles. The van der Waals surface area contributed by atoms with Gasteiger partial charge >= 0.3 is 5.97 Å². The highest BCUT2D eigenvalue weighted by Gasteiger charge is 2.14. The van der Waals surface area contributed by atoms with Crippen LogP contribution in [0.2, 0.25) is 0 Å². The molecule has 1 rings (SSSR count). The zero-order valence-electron chi connectivity index (χ0n) is 11.5. The van der Waals surface area contributed by atoms with Gasteiger partial charge in [0, 0.05) is 20.1 Å². The molecular weight excluding hydrogens is 282 g/mol. The Bertz CT molecular complexity index is 538. The maximum Gasteiger partial charge on any atom is 0.303 e. The number of hydrogen-bond acceptors (Lipinski definition) is 4. The van der Waals surface area contributed by atoms with E-state index in [4.69, 9.17) is 9.84 Å². The maximum atomic E-state index is 12.0. The molecule has 0 aliphatic carbocycles. The average molecular weight is 301 g/mol. The van der Waals surface area contributed by atoms with Crippen molar-refractivity contribution >= 4 is 16.0 Å². The Kier molecular flexibility index (Phi) is 6.12. The number of methoxy groups -OCH3 is 1. The number of benzene rings is 1. The van der Waals surface area contributed by atoms with Crippen LogP contribution in [0.3, 0.4) is 0 Å². The van der Waals surface area contributed by atoms with Gasteiger partial charge in [0.1, 0.15) is 0 Å². The third-order valence-electron chi connectivity index (χ3n) is 2.82. The predicted molar refractivity (Wildman–Crippen MR) is 74.1 cm³/mol. The van der Waals surface area contributed by atoms with Gasteiger partial charge in [0.2, 0.25) is 10.0 Å². The summed E-state index contributed by atoms with van der Waals surface area (Å²) in [7, 11) is -2.05. The molecule has 1 aromatic rings. The number of aliphatic carboxylic acids is 1. The number of ether oxygens (including phenoxy) is 1. The van der Waals surface area contributed by atoms with Gasteiger partial charge in [0.25, 0.3) is 0 Å². The molecule has 0 saturated heterocycles. The third kappa shape index (κ3) is 5.28. The molecule has 0 spiro atoms. The SMILES string of the molecule is COC(C)CNS(=O)(=O)c1ccc(CCC(=O)O)cc1. The predicted octanol–water partition coefficient (Wildman–Crippen LogP) is 1.02. The topological polar surface area (TPSA) is 92.7 Å². The minimum atomic E-state index is -3.56. The summed E-state index contributed by atoms with van der Waals surface area (Å²) in [4.78, 5) is 10.6. The molecule has 112 valence electrons. The van der Waals surface area contributed by atoms with Crippen molar-refractivity contribution in [2.24, 2.45) is 0 Å². The van der Waals surface area contributed by atoms with Crippen LogP contribution in [0.25, 0.3) is 0 Å². The van der Waals surface area contributed by atoms with E-state index in [9.17, 15) is 13.2 Å². The highest BCUT2D eigenvalue weighted by atomic mass is 32.2. The van der Waals surface area contributed by atoms with Crippen molar-refractivity contribution in [1.29, 1.82) is 0 Å². The van der Waals surface area contributed by atoms with Crippen LogP contribution in [0.1, 0.15) is 18.9 Å². The van der Waals surface area contributed by atoms with Crippen LogP contribution < -0.4 is 4.72 Å². The van der Waals surface area contributed by atoms with Gasteiger partial charge in [0.15, 0.2) is 0 Å². The lowest BCUT2D eigenvalue weighted by molar-refractivity contribution is -0.136.